The number of aliphatic hydroxyl groups is 1. The summed E-state index contributed by atoms with van der Waals surface area (Å²) >= 11 is 6.37. The maximum atomic E-state index is 13.3. The molecule has 0 aromatic carbocycles. The summed E-state index contributed by atoms with van der Waals surface area (Å²) in [6, 6.07) is 4.37. The second-order valence-electron chi connectivity index (χ2n) is 8.52. The molecule has 4 heterocycles. The summed E-state index contributed by atoms with van der Waals surface area (Å²) in [7, 11) is 0. The van der Waals surface area contributed by atoms with Gasteiger partial charge in [-0.25, -0.2) is 8.91 Å². The third-order valence-electron chi connectivity index (χ3n) is 6.12. The number of aliphatic imine (C=N–C) groups is 1. The average Bonchev–Trinajstić information content (AvgIpc) is 3.29. The molecule has 0 unspecified atom stereocenters. The number of piperidine rings is 1. The molecule has 0 spiro atoms. The number of nitrogens with zero attached hydrogens (tertiary/aromatic N) is 6. The van der Waals surface area contributed by atoms with Gasteiger partial charge in [0.2, 0.25) is 5.91 Å². The van der Waals surface area contributed by atoms with Crippen molar-refractivity contribution in [2.24, 2.45) is 15.9 Å². The number of halogens is 2. The quantitative estimate of drug-likeness (QED) is 0.200. The van der Waals surface area contributed by atoms with Gasteiger partial charge in [-0.15, -0.1) is 0 Å². The highest BCUT2D eigenvalue weighted by molar-refractivity contribution is 6.47. The van der Waals surface area contributed by atoms with E-state index < -0.39 is 18.5 Å². The summed E-state index contributed by atoms with van der Waals surface area (Å²) in [4.78, 5) is 22.4. The number of hydrogen-bond acceptors (Lipinski definition) is 8. The van der Waals surface area contributed by atoms with Gasteiger partial charge in [-0.3, -0.25) is 14.8 Å². The molecule has 0 radical (unpaired) electrons. The zero-order valence-corrected chi connectivity index (χ0v) is 21.0. The lowest BCUT2D eigenvalue weighted by molar-refractivity contribution is -0.126. The van der Waals surface area contributed by atoms with Crippen LogP contribution in [0, 0.1) is 5.82 Å². The number of amides is 1. The number of fused-ring (bicyclic) bond motifs is 1. The van der Waals surface area contributed by atoms with Crippen molar-refractivity contribution in [1.29, 1.82) is 0 Å². The van der Waals surface area contributed by atoms with Gasteiger partial charge in [0.25, 0.3) is 0 Å². The van der Waals surface area contributed by atoms with Crippen LogP contribution in [0.1, 0.15) is 37.1 Å². The number of ether oxygens (including phenoxy) is 1. The normalized spacial score (nSPS) is 16.2. The number of rotatable bonds is 8. The Labute approximate surface area is 217 Å². The SMILES string of the molecule is C=CC(=O)N1CCC(N=C(C)/C(=N\N)c2cc(O[C@@H](CO)c3ccc(F)cn3)c3c(Cl)cnn3c2)CC1. The van der Waals surface area contributed by atoms with Crippen LogP contribution < -0.4 is 10.6 Å². The molecule has 12 heteroatoms. The van der Waals surface area contributed by atoms with Gasteiger partial charge in [-0.1, -0.05) is 18.2 Å². The first kappa shape index (κ1) is 26.2. The molecule has 194 valence electrons. The van der Waals surface area contributed by atoms with Crippen molar-refractivity contribution >= 4 is 34.4 Å². The highest BCUT2D eigenvalue weighted by Crippen LogP contribution is 2.32. The van der Waals surface area contributed by atoms with Crippen LogP contribution in [0.3, 0.4) is 0 Å². The van der Waals surface area contributed by atoms with Gasteiger partial charge < -0.3 is 20.6 Å². The van der Waals surface area contributed by atoms with Gasteiger partial charge in [0, 0.05) is 24.8 Å². The zero-order valence-electron chi connectivity index (χ0n) is 20.2. The van der Waals surface area contributed by atoms with Crippen molar-refractivity contribution in [3.05, 3.63) is 71.5 Å². The van der Waals surface area contributed by atoms with Crippen molar-refractivity contribution in [2.45, 2.75) is 31.9 Å². The van der Waals surface area contributed by atoms with Crippen LogP contribution in [0.4, 0.5) is 4.39 Å². The number of hydrazone groups is 1. The minimum atomic E-state index is -0.887. The molecule has 1 atom stereocenters. The van der Waals surface area contributed by atoms with Crippen LogP contribution in [0.2, 0.25) is 5.02 Å². The fraction of sp³-hybridized carbons (Fsp3) is 0.320. The molecule has 0 saturated carbocycles. The molecule has 1 fully saturated rings. The number of carbonyl (C=O) groups is 1. The van der Waals surface area contributed by atoms with E-state index >= 15 is 0 Å². The molecule has 3 aromatic heterocycles. The highest BCUT2D eigenvalue weighted by atomic mass is 35.5. The molecular formula is C25H27ClFN7O3. The Hall–Kier alpha value is -3.83. The molecule has 1 saturated heterocycles. The summed E-state index contributed by atoms with van der Waals surface area (Å²) in [6.07, 6.45) is 6.07. The molecule has 3 aromatic rings. The summed E-state index contributed by atoms with van der Waals surface area (Å²) in [5, 5.41) is 18.5. The van der Waals surface area contributed by atoms with Gasteiger partial charge in [-0.2, -0.15) is 10.2 Å². The Bertz CT molecular complexity index is 1350. The average molecular weight is 528 g/mol. The van der Waals surface area contributed by atoms with E-state index in [1.807, 2.05) is 6.92 Å². The van der Waals surface area contributed by atoms with Crippen LogP contribution in [0.15, 0.2) is 59.5 Å². The van der Waals surface area contributed by atoms with Crippen LogP contribution >= 0.6 is 11.6 Å². The summed E-state index contributed by atoms with van der Waals surface area (Å²) < 4.78 is 21.0. The standard InChI is InChI=1S/C25H27ClFN7O3/c1-3-23(36)33-8-6-18(7-9-33)31-15(2)24(32-28)16-10-21(25-19(26)12-30-34(25)13-16)37-22(14-35)20-5-4-17(27)11-29-20/h3-5,10-13,18,22,35H,1,6-9,14,28H2,2H3/b31-15?,32-24+/t22-/m0/s1. The topological polar surface area (TPSA) is 131 Å². The van der Waals surface area contributed by atoms with E-state index in [1.165, 1.54) is 28.9 Å². The Morgan fingerprint density at radius 3 is 2.78 bits per heavy atom. The lowest BCUT2D eigenvalue weighted by Gasteiger charge is -2.29. The first-order valence-electron chi connectivity index (χ1n) is 11.6. The highest BCUT2D eigenvalue weighted by Gasteiger charge is 2.23. The van der Waals surface area contributed by atoms with Crippen molar-refractivity contribution in [1.82, 2.24) is 19.5 Å². The Balaban J connectivity index is 1.63. The number of pyridine rings is 2. The molecule has 37 heavy (non-hydrogen) atoms. The Morgan fingerprint density at radius 1 is 1.41 bits per heavy atom. The van der Waals surface area contributed by atoms with Crippen LogP contribution in [-0.4, -0.2) is 67.7 Å². The number of aromatic nitrogens is 3. The van der Waals surface area contributed by atoms with E-state index in [4.69, 9.17) is 27.2 Å². The van der Waals surface area contributed by atoms with Crippen LogP contribution in [0.25, 0.3) is 5.52 Å². The zero-order chi connectivity index (χ0) is 26.5. The summed E-state index contributed by atoms with van der Waals surface area (Å²) in [6.45, 7) is 6.13. The molecule has 4 rings (SSSR count). The number of likely N-dealkylation sites (tertiary alicyclic amines) is 1. The van der Waals surface area contributed by atoms with E-state index in [-0.39, 0.29) is 11.9 Å². The van der Waals surface area contributed by atoms with Gasteiger partial charge in [-0.05, 0) is 44.0 Å². The predicted molar refractivity (Wildman–Crippen MR) is 138 cm³/mol. The summed E-state index contributed by atoms with van der Waals surface area (Å²) in [5.41, 5.74) is 2.40. The maximum Gasteiger partial charge on any atom is 0.245 e. The minimum absolute atomic E-state index is 0.00698. The number of hydrogen-bond donors (Lipinski definition) is 2. The van der Waals surface area contributed by atoms with Crippen LogP contribution in [-0.2, 0) is 4.79 Å². The molecule has 1 aliphatic rings. The molecule has 0 aliphatic carbocycles. The van der Waals surface area contributed by atoms with Gasteiger partial charge in [0.15, 0.2) is 6.10 Å². The van der Waals surface area contributed by atoms with Crippen molar-refractivity contribution < 1.29 is 19.0 Å². The molecule has 3 N–H and O–H groups in total. The third-order valence-corrected chi connectivity index (χ3v) is 6.40. The number of carbonyl (C=O) groups excluding carboxylic acids is 1. The molecule has 1 amide bonds. The van der Waals surface area contributed by atoms with Crippen molar-refractivity contribution in [3.63, 3.8) is 0 Å². The van der Waals surface area contributed by atoms with Crippen molar-refractivity contribution in [3.8, 4) is 5.75 Å². The smallest absolute Gasteiger partial charge is 0.245 e. The molecule has 1 aliphatic heterocycles. The second-order valence-corrected chi connectivity index (χ2v) is 8.93. The molecule has 10 nitrogen and oxygen atoms in total. The first-order chi connectivity index (χ1) is 17.8. The van der Waals surface area contributed by atoms with Gasteiger partial charge in [0.05, 0.1) is 41.5 Å². The largest absolute Gasteiger partial charge is 0.479 e. The number of nitrogens with two attached hydrogens (primary N) is 1. The molecule has 0 bridgehead atoms. The maximum absolute atomic E-state index is 13.3. The lowest BCUT2D eigenvalue weighted by atomic mass is 10.0. The van der Waals surface area contributed by atoms with Gasteiger partial charge in [0.1, 0.15) is 22.8 Å². The Morgan fingerprint density at radius 2 is 2.16 bits per heavy atom. The Kier molecular flexibility index (Phi) is 8.14. The van der Waals surface area contributed by atoms with Crippen LogP contribution in [0.5, 0.6) is 5.75 Å². The fourth-order valence-electron chi connectivity index (χ4n) is 4.25. The monoisotopic (exact) mass is 527 g/mol. The predicted octanol–water partition coefficient (Wildman–Crippen LogP) is 2.93. The van der Waals surface area contributed by atoms with E-state index in [2.05, 4.69) is 21.8 Å². The fourth-order valence-corrected chi connectivity index (χ4v) is 4.47. The van der Waals surface area contributed by atoms with Crippen molar-refractivity contribution in [2.75, 3.05) is 19.7 Å². The van der Waals surface area contributed by atoms with E-state index in [0.717, 1.165) is 6.20 Å². The van der Waals surface area contributed by atoms with E-state index in [0.29, 0.717) is 64.9 Å². The third kappa shape index (κ3) is 5.78. The van der Waals surface area contributed by atoms with E-state index in [1.54, 1.807) is 17.2 Å². The first-order valence-corrected chi connectivity index (χ1v) is 12.0. The molecular weight excluding hydrogens is 501 g/mol. The minimum Gasteiger partial charge on any atom is -0.479 e. The van der Waals surface area contributed by atoms with Gasteiger partial charge >= 0.3 is 0 Å². The lowest BCUT2D eigenvalue weighted by Crippen LogP contribution is -2.39. The van der Waals surface area contributed by atoms with E-state index in [9.17, 15) is 14.3 Å². The summed E-state index contributed by atoms with van der Waals surface area (Å²) in [5.74, 6) is 5.50. The number of aliphatic hydroxyl groups excluding tert-OH is 1. The second kappa shape index (κ2) is 11.5.